The summed E-state index contributed by atoms with van der Waals surface area (Å²) < 4.78 is 14.6. The Balaban J connectivity index is 1.65. The van der Waals surface area contributed by atoms with Gasteiger partial charge in [0.1, 0.15) is 18.7 Å². The van der Waals surface area contributed by atoms with E-state index >= 15 is 0 Å². The van der Waals surface area contributed by atoms with Crippen LogP contribution in [-0.2, 0) is 20.1 Å². The second-order valence-electron chi connectivity index (χ2n) is 6.23. The lowest BCUT2D eigenvalue weighted by Crippen LogP contribution is -2.07. The Hall–Kier alpha value is -3.82. The SMILES string of the molecule is CCc1cc(-c2nnc3c4ccccc4c(OCc4ncnn4C)nn23)no1. The van der Waals surface area contributed by atoms with Gasteiger partial charge in [0.2, 0.25) is 11.7 Å². The molecule has 0 unspecified atom stereocenters. The molecule has 0 spiro atoms. The monoisotopic (exact) mass is 376 g/mol. The summed E-state index contributed by atoms with van der Waals surface area (Å²) in [7, 11) is 1.81. The fourth-order valence-electron chi connectivity index (χ4n) is 2.99. The van der Waals surface area contributed by atoms with Crippen LogP contribution in [0, 0.1) is 0 Å². The van der Waals surface area contributed by atoms with E-state index in [0.29, 0.717) is 28.9 Å². The summed E-state index contributed by atoms with van der Waals surface area (Å²) in [6.45, 7) is 2.23. The van der Waals surface area contributed by atoms with Gasteiger partial charge in [-0.1, -0.05) is 30.3 Å². The maximum absolute atomic E-state index is 5.98. The van der Waals surface area contributed by atoms with Crippen LogP contribution in [0.2, 0.25) is 0 Å². The number of hydrogen-bond acceptors (Lipinski definition) is 8. The molecule has 0 aliphatic heterocycles. The van der Waals surface area contributed by atoms with Gasteiger partial charge in [0.05, 0.1) is 0 Å². The van der Waals surface area contributed by atoms with E-state index in [1.54, 1.807) is 9.20 Å². The van der Waals surface area contributed by atoms with Crippen LogP contribution >= 0.6 is 0 Å². The number of hydrogen-bond donors (Lipinski definition) is 0. The number of aromatic nitrogens is 8. The molecule has 140 valence electrons. The molecule has 0 amide bonds. The largest absolute Gasteiger partial charge is 0.468 e. The maximum Gasteiger partial charge on any atom is 0.240 e. The number of fused-ring (bicyclic) bond motifs is 3. The molecular weight excluding hydrogens is 360 g/mol. The Morgan fingerprint density at radius 1 is 1.14 bits per heavy atom. The van der Waals surface area contributed by atoms with E-state index in [-0.39, 0.29) is 6.61 Å². The molecule has 4 aromatic heterocycles. The van der Waals surface area contributed by atoms with Gasteiger partial charge in [-0.3, -0.25) is 4.68 Å². The highest BCUT2D eigenvalue weighted by atomic mass is 16.5. The van der Waals surface area contributed by atoms with Gasteiger partial charge in [0.15, 0.2) is 17.2 Å². The van der Waals surface area contributed by atoms with Crippen molar-refractivity contribution in [3.63, 3.8) is 0 Å². The van der Waals surface area contributed by atoms with Crippen LogP contribution in [0.3, 0.4) is 0 Å². The zero-order valence-corrected chi connectivity index (χ0v) is 15.3. The highest BCUT2D eigenvalue weighted by Crippen LogP contribution is 2.29. The molecule has 0 radical (unpaired) electrons. The lowest BCUT2D eigenvalue weighted by atomic mass is 10.2. The molecule has 0 atom stereocenters. The van der Waals surface area contributed by atoms with Crippen molar-refractivity contribution in [3.8, 4) is 17.4 Å². The van der Waals surface area contributed by atoms with E-state index < -0.39 is 0 Å². The van der Waals surface area contributed by atoms with Crippen LogP contribution in [0.4, 0.5) is 0 Å². The molecule has 0 fully saturated rings. The molecule has 10 heteroatoms. The average molecular weight is 376 g/mol. The fourth-order valence-corrected chi connectivity index (χ4v) is 2.99. The van der Waals surface area contributed by atoms with Crippen LogP contribution < -0.4 is 4.74 Å². The van der Waals surface area contributed by atoms with Gasteiger partial charge in [-0.05, 0) is 6.07 Å². The molecule has 1 aromatic carbocycles. The molecule has 28 heavy (non-hydrogen) atoms. The minimum absolute atomic E-state index is 0.237. The van der Waals surface area contributed by atoms with E-state index in [0.717, 1.165) is 23.0 Å². The third kappa shape index (κ3) is 2.57. The predicted molar refractivity (Wildman–Crippen MR) is 98.5 cm³/mol. The van der Waals surface area contributed by atoms with Gasteiger partial charge in [0, 0.05) is 30.3 Å². The van der Waals surface area contributed by atoms with Crippen molar-refractivity contribution < 1.29 is 9.26 Å². The molecule has 0 aliphatic carbocycles. The molecule has 0 aliphatic rings. The highest BCUT2D eigenvalue weighted by Gasteiger charge is 2.19. The minimum Gasteiger partial charge on any atom is -0.468 e. The quantitative estimate of drug-likeness (QED) is 0.459. The van der Waals surface area contributed by atoms with Crippen LogP contribution in [0.15, 0.2) is 41.2 Å². The first kappa shape index (κ1) is 16.4. The predicted octanol–water partition coefficient (Wildman–Crippen LogP) is 2.20. The fraction of sp³-hybridized carbons (Fsp3) is 0.222. The molecule has 0 bridgehead atoms. The number of benzene rings is 1. The van der Waals surface area contributed by atoms with E-state index in [1.165, 1.54) is 6.33 Å². The highest BCUT2D eigenvalue weighted by molar-refractivity contribution is 5.96. The van der Waals surface area contributed by atoms with Crippen molar-refractivity contribution in [2.24, 2.45) is 7.05 Å². The summed E-state index contributed by atoms with van der Waals surface area (Å²) in [6, 6.07) is 9.61. The third-order valence-corrected chi connectivity index (χ3v) is 4.51. The van der Waals surface area contributed by atoms with Gasteiger partial charge >= 0.3 is 0 Å². The molecule has 5 aromatic rings. The van der Waals surface area contributed by atoms with Gasteiger partial charge in [-0.25, -0.2) is 4.98 Å². The minimum atomic E-state index is 0.237. The van der Waals surface area contributed by atoms with Crippen molar-refractivity contribution >= 4 is 16.4 Å². The summed E-state index contributed by atoms with van der Waals surface area (Å²) in [4.78, 5) is 4.19. The second kappa shape index (κ2) is 6.41. The Labute approximate surface area is 158 Å². The van der Waals surface area contributed by atoms with Crippen LogP contribution in [0.25, 0.3) is 27.9 Å². The number of rotatable bonds is 5. The van der Waals surface area contributed by atoms with E-state index in [2.05, 4.69) is 30.5 Å². The summed E-state index contributed by atoms with van der Waals surface area (Å²) in [5.74, 6) is 2.41. The zero-order chi connectivity index (χ0) is 19.1. The van der Waals surface area contributed by atoms with Gasteiger partial charge in [-0.2, -0.15) is 9.61 Å². The molecule has 10 nitrogen and oxygen atoms in total. The van der Waals surface area contributed by atoms with E-state index in [4.69, 9.17) is 9.26 Å². The molecule has 0 saturated carbocycles. The molecule has 4 heterocycles. The Kier molecular flexibility index (Phi) is 3.75. The topological polar surface area (TPSA) is 109 Å². The summed E-state index contributed by atoms with van der Waals surface area (Å²) in [6.07, 6.45) is 2.23. The lowest BCUT2D eigenvalue weighted by molar-refractivity contribution is 0.278. The first-order valence-electron chi connectivity index (χ1n) is 8.80. The third-order valence-electron chi connectivity index (χ3n) is 4.51. The van der Waals surface area contributed by atoms with Crippen molar-refractivity contribution in [3.05, 3.63) is 48.2 Å². The average Bonchev–Trinajstić information content (AvgIpc) is 3.45. The molecule has 0 saturated heterocycles. The standard InChI is InChI=1S/C18H16N8O2/c1-3-11-8-14(24-28-11)17-22-21-16-12-6-4-5-7-13(12)18(23-26(16)17)27-9-15-19-10-20-25(15)2/h4-8,10H,3,9H2,1-2H3. The van der Waals surface area contributed by atoms with Crippen molar-refractivity contribution in [2.45, 2.75) is 20.0 Å². The maximum atomic E-state index is 5.98. The van der Waals surface area contributed by atoms with E-state index in [9.17, 15) is 0 Å². The number of nitrogens with zero attached hydrogens (tertiary/aromatic N) is 8. The Morgan fingerprint density at radius 3 is 2.75 bits per heavy atom. The van der Waals surface area contributed by atoms with Crippen LogP contribution in [0.5, 0.6) is 5.88 Å². The Bertz CT molecular complexity index is 1290. The first-order valence-corrected chi connectivity index (χ1v) is 8.80. The van der Waals surface area contributed by atoms with E-state index in [1.807, 2.05) is 44.3 Å². The van der Waals surface area contributed by atoms with Gasteiger partial charge < -0.3 is 9.26 Å². The Morgan fingerprint density at radius 2 is 2.00 bits per heavy atom. The van der Waals surface area contributed by atoms with Crippen molar-refractivity contribution in [1.29, 1.82) is 0 Å². The van der Waals surface area contributed by atoms with Gasteiger partial charge in [-0.15, -0.1) is 15.3 Å². The first-order chi connectivity index (χ1) is 13.7. The second-order valence-corrected chi connectivity index (χ2v) is 6.23. The number of ether oxygens (including phenoxy) is 1. The van der Waals surface area contributed by atoms with Crippen molar-refractivity contribution in [1.82, 2.24) is 39.7 Å². The van der Waals surface area contributed by atoms with Crippen LogP contribution in [0.1, 0.15) is 18.5 Å². The summed E-state index contributed by atoms with van der Waals surface area (Å²) >= 11 is 0. The summed E-state index contributed by atoms with van der Waals surface area (Å²) in [5, 5.41) is 23.1. The normalized spacial score (nSPS) is 11.5. The zero-order valence-electron chi connectivity index (χ0n) is 15.3. The molecule has 0 N–H and O–H groups in total. The van der Waals surface area contributed by atoms with Crippen molar-refractivity contribution in [2.75, 3.05) is 0 Å². The van der Waals surface area contributed by atoms with Gasteiger partial charge in [0.25, 0.3) is 0 Å². The van der Waals surface area contributed by atoms with Crippen LogP contribution in [-0.4, -0.2) is 39.7 Å². The smallest absolute Gasteiger partial charge is 0.240 e. The lowest BCUT2D eigenvalue weighted by Gasteiger charge is -2.09. The number of aryl methyl sites for hydroxylation is 2. The molecule has 5 rings (SSSR count). The molecular formula is C18H16N8O2. The summed E-state index contributed by atoms with van der Waals surface area (Å²) in [5.41, 5.74) is 1.20.